The van der Waals surface area contributed by atoms with Crippen molar-refractivity contribution >= 4 is 29.4 Å². The van der Waals surface area contributed by atoms with Crippen LogP contribution in [0.25, 0.3) is 0 Å². The zero-order valence-electron chi connectivity index (χ0n) is 19.7. The van der Waals surface area contributed by atoms with Crippen LogP contribution in [0.15, 0.2) is 83.8 Å². The van der Waals surface area contributed by atoms with Gasteiger partial charge in [-0.25, -0.2) is 4.79 Å². The molecule has 0 bridgehead atoms. The van der Waals surface area contributed by atoms with Gasteiger partial charge in [0.15, 0.2) is 0 Å². The minimum atomic E-state index is -1.25. The van der Waals surface area contributed by atoms with E-state index in [1.165, 1.54) is 16.7 Å². The molecule has 182 valence electrons. The molecule has 1 aliphatic heterocycles. The van der Waals surface area contributed by atoms with E-state index in [0.717, 1.165) is 16.0 Å². The summed E-state index contributed by atoms with van der Waals surface area (Å²) in [5, 5.41) is 10.6. The fraction of sp³-hybridized carbons (Fsp3) is 0.259. The molecule has 0 saturated heterocycles. The number of carbonyl (C=O) groups is 2. The molecule has 2 amide bonds. The first-order valence-electron chi connectivity index (χ1n) is 11.3. The van der Waals surface area contributed by atoms with Gasteiger partial charge in [-0.1, -0.05) is 54.6 Å². The molecule has 7 nitrogen and oxygen atoms in total. The second-order valence-electron chi connectivity index (χ2n) is 8.18. The number of likely N-dealkylation sites (N-methyl/N-ethyl adjacent to an activating group) is 1. The van der Waals surface area contributed by atoms with Gasteiger partial charge >= 0.3 is 6.09 Å². The van der Waals surface area contributed by atoms with Gasteiger partial charge in [-0.2, -0.15) is 0 Å². The third-order valence-corrected chi connectivity index (χ3v) is 7.22. The molecule has 0 saturated carbocycles. The monoisotopic (exact) mass is 492 g/mol. The number of benzene rings is 3. The van der Waals surface area contributed by atoms with Crippen LogP contribution in [0.5, 0.6) is 5.75 Å². The summed E-state index contributed by atoms with van der Waals surface area (Å²) < 4.78 is 10.6. The smallest absolute Gasteiger partial charge is 0.409 e. The SMILES string of the molecule is COc1ccc([C@@H]2Sc3ccccc3N(CCN(C)C(=O)OCc3ccccc3)C(=O)[C@@H]2O)cc1. The lowest BCUT2D eigenvalue weighted by Gasteiger charge is -2.27. The van der Waals surface area contributed by atoms with Gasteiger partial charge in [0.2, 0.25) is 0 Å². The average Bonchev–Trinajstić information content (AvgIpc) is 3.00. The van der Waals surface area contributed by atoms with E-state index in [0.29, 0.717) is 11.4 Å². The standard InChI is InChI=1S/C27H28N2O5S/c1-28(27(32)34-18-19-8-4-3-5-9-19)16-17-29-22-10-6-7-11-23(22)35-25(24(30)26(29)31)20-12-14-21(33-2)15-13-20/h3-15,24-25,30H,16-18H2,1-2H3/t24-,25+/m1/s1. The van der Waals surface area contributed by atoms with E-state index in [1.54, 1.807) is 19.1 Å². The molecule has 35 heavy (non-hydrogen) atoms. The van der Waals surface area contributed by atoms with Gasteiger partial charge in [0.25, 0.3) is 5.91 Å². The first-order valence-corrected chi connectivity index (χ1v) is 12.2. The number of carbonyl (C=O) groups excluding carboxylic acids is 2. The summed E-state index contributed by atoms with van der Waals surface area (Å²) in [6.45, 7) is 0.645. The largest absolute Gasteiger partial charge is 0.497 e. The maximum atomic E-state index is 13.4. The van der Waals surface area contributed by atoms with Crippen LogP contribution in [0.3, 0.4) is 0 Å². The molecule has 1 aliphatic rings. The first kappa shape index (κ1) is 24.6. The molecule has 0 spiro atoms. The molecule has 0 fully saturated rings. The van der Waals surface area contributed by atoms with Crippen molar-refractivity contribution in [3.05, 3.63) is 90.0 Å². The Morgan fingerprint density at radius 2 is 1.71 bits per heavy atom. The van der Waals surface area contributed by atoms with E-state index in [9.17, 15) is 14.7 Å². The summed E-state index contributed by atoms with van der Waals surface area (Å²) in [6.07, 6.45) is -1.73. The van der Waals surface area contributed by atoms with Crippen molar-refractivity contribution in [2.24, 2.45) is 0 Å². The van der Waals surface area contributed by atoms with Gasteiger partial charge in [-0.15, -0.1) is 11.8 Å². The van der Waals surface area contributed by atoms with Crippen LogP contribution in [-0.2, 0) is 16.1 Å². The highest BCUT2D eigenvalue weighted by atomic mass is 32.2. The topological polar surface area (TPSA) is 79.3 Å². The van der Waals surface area contributed by atoms with Crippen molar-refractivity contribution in [2.75, 3.05) is 32.1 Å². The maximum absolute atomic E-state index is 13.4. The number of amides is 2. The van der Waals surface area contributed by atoms with E-state index >= 15 is 0 Å². The van der Waals surface area contributed by atoms with E-state index in [4.69, 9.17) is 9.47 Å². The van der Waals surface area contributed by atoms with Gasteiger partial charge in [0.1, 0.15) is 18.5 Å². The number of rotatable bonds is 7. The molecule has 0 aliphatic carbocycles. The maximum Gasteiger partial charge on any atom is 0.409 e. The fourth-order valence-electron chi connectivity index (χ4n) is 3.83. The van der Waals surface area contributed by atoms with E-state index in [2.05, 4.69) is 0 Å². The lowest BCUT2D eigenvalue weighted by atomic mass is 10.1. The van der Waals surface area contributed by atoms with Crippen LogP contribution in [0.2, 0.25) is 0 Å². The first-order chi connectivity index (χ1) is 17.0. The summed E-state index contributed by atoms with van der Waals surface area (Å²) in [7, 11) is 3.23. The van der Waals surface area contributed by atoms with Crippen LogP contribution in [0.4, 0.5) is 10.5 Å². The zero-order chi connectivity index (χ0) is 24.8. The number of aliphatic hydroxyl groups excluding tert-OH is 1. The summed E-state index contributed by atoms with van der Waals surface area (Å²) in [5.41, 5.74) is 2.44. The van der Waals surface area contributed by atoms with Crippen molar-refractivity contribution in [3.63, 3.8) is 0 Å². The number of fused-ring (bicyclic) bond motifs is 1. The molecule has 0 unspecified atom stereocenters. The van der Waals surface area contributed by atoms with Crippen LogP contribution < -0.4 is 9.64 Å². The molecule has 0 radical (unpaired) electrons. The highest BCUT2D eigenvalue weighted by Crippen LogP contribution is 2.45. The summed E-state index contributed by atoms with van der Waals surface area (Å²) in [6, 6.07) is 24.4. The molecule has 2 atom stereocenters. The third kappa shape index (κ3) is 5.78. The lowest BCUT2D eigenvalue weighted by molar-refractivity contribution is -0.126. The Labute approximate surface area is 209 Å². The van der Waals surface area contributed by atoms with Gasteiger partial charge in [0, 0.05) is 25.0 Å². The summed E-state index contributed by atoms with van der Waals surface area (Å²) >= 11 is 1.45. The molecule has 1 N–H and O–H groups in total. The van der Waals surface area contributed by atoms with Gasteiger partial charge in [0.05, 0.1) is 18.0 Å². The average molecular weight is 493 g/mol. The van der Waals surface area contributed by atoms with Crippen LogP contribution in [0.1, 0.15) is 16.4 Å². The molecule has 0 aromatic heterocycles. The second kappa shape index (κ2) is 11.3. The Kier molecular flexibility index (Phi) is 7.94. The van der Waals surface area contributed by atoms with Crippen molar-refractivity contribution in [2.45, 2.75) is 22.9 Å². The Balaban J connectivity index is 1.47. The van der Waals surface area contributed by atoms with Gasteiger partial charge in [-0.3, -0.25) is 4.79 Å². The summed E-state index contributed by atoms with van der Waals surface area (Å²) in [4.78, 5) is 29.8. The van der Waals surface area contributed by atoms with Gasteiger partial charge in [-0.05, 0) is 35.4 Å². The van der Waals surface area contributed by atoms with E-state index < -0.39 is 23.4 Å². The number of thioether (sulfide) groups is 1. The number of aliphatic hydroxyl groups is 1. The highest BCUT2D eigenvalue weighted by Gasteiger charge is 2.37. The quantitative estimate of drug-likeness (QED) is 0.523. The van der Waals surface area contributed by atoms with Crippen LogP contribution in [-0.4, -0.2) is 55.4 Å². The molecule has 3 aromatic rings. The van der Waals surface area contributed by atoms with E-state index in [-0.39, 0.29) is 19.7 Å². The minimum Gasteiger partial charge on any atom is -0.497 e. The number of para-hydroxylation sites is 1. The predicted octanol–water partition coefficient (Wildman–Crippen LogP) is 4.50. The Bertz CT molecular complexity index is 1160. The van der Waals surface area contributed by atoms with Crippen molar-refractivity contribution in [3.8, 4) is 5.75 Å². The Hall–Kier alpha value is -3.49. The number of methoxy groups -OCH3 is 1. The predicted molar refractivity (Wildman–Crippen MR) is 136 cm³/mol. The number of hydrogen-bond acceptors (Lipinski definition) is 6. The normalized spacial score (nSPS) is 17.3. The number of ether oxygens (including phenoxy) is 2. The number of hydrogen-bond donors (Lipinski definition) is 1. The van der Waals surface area contributed by atoms with Gasteiger partial charge < -0.3 is 24.4 Å². The molecule has 3 aromatic carbocycles. The molecular formula is C27H28N2O5S. The lowest BCUT2D eigenvalue weighted by Crippen LogP contribution is -2.44. The van der Waals surface area contributed by atoms with Crippen molar-refractivity contribution in [1.29, 1.82) is 0 Å². The minimum absolute atomic E-state index is 0.175. The number of nitrogens with zero attached hydrogens (tertiary/aromatic N) is 2. The Morgan fingerprint density at radius 1 is 1.03 bits per heavy atom. The molecular weight excluding hydrogens is 464 g/mol. The molecule has 8 heteroatoms. The fourth-order valence-corrected chi connectivity index (χ4v) is 5.10. The van der Waals surface area contributed by atoms with Crippen LogP contribution >= 0.6 is 11.8 Å². The Morgan fingerprint density at radius 3 is 2.43 bits per heavy atom. The second-order valence-corrected chi connectivity index (χ2v) is 9.36. The molecule has 4 rings (SSSR count). The van der Waals surface area contributed by atoms with Crippen molar-refractivity contribution in [1.82, 2.24) is 4.90 Å². The summed E-state index contributed by atoms with van der Waals surface area (Å²) in [5.74, 6) is 0.298. The zero-order valence-corrected chi connectivity index (χ0v) is 20.5. The number of anilines is 1. The van der Waals surface area contributed by atoms with E-state index in [1.807, 2.05) is 78.9 Å². The van der Waals surface area contributed by atoms with Crippen LogP contribution in [0, 0.1) is 0 Å². The molecule has 1 heterocycles. The van der Waals surface area contributed by atoms with Crippen molar-refractivity contribution < 1.29 is 24.2 Å². The highest BCUT2D eigenvalue weighted by molar-refractivity contribution is 7.99. The third-order valence-electron chi connectivity index (χ3n) is 5.84.